The standard InChI is InChI=1S/C16H25N3/c1-13-3-4-14(2)15(9-13)19-7-5-16(12-19)10-18(11-16)8-6-17/h3-4,9H,5-8,10-12,17H2,1-2H3. The van der Waals surface area contributed by atoms with Gasteiger partial charge in [-0.1, -0.05) is 12.1 Å². The van der Waals surface area contributed by atoms with Crippen LogP contribution in [0.15, 0.2) is 18.2 Å². The monoisotopic (exact) mass is 259 g/mol. The number of aryl methyl sites for hydroxylation is 2. The third-order valence-corrected chi connectivity index (χ3v) is 4.71. The van der Waals surface area contributed by atoms with E-state index in [0.717, 1.165) is 13.1 Å². The molecule has 0 amide bonds. The van der Waals surface area contributed by atoms with E-state index in [2.05, 4.69) is 41.8 Å². The fourth-order valence-corrected chi connectivity index (χ4v) is 3.70. The first-order valence-electron chi connectivity index (χ1n) is 7.37. The minimum Gasteiger partial charge on any atom is -0.371 e. The van der Waals surface area contributed by atoms with Gasteiger partial charge in [0.25, 0.3) is 0 Å². The first-order chi connectivity index (χ1) is 9.12. The maximum absolute atomic E-state index is 5.63. The second-order valence-corrected chi connectivity index (χ2v) is 6.46. The first-order valence-corrected chi connectivity index (χ1v) is 7.37. The van der Waals surface area contributed by atoms with E-state index < -0.39 is 0 Å². The molecule has 104 valence electrons. The van der Waals surface area contributed by atoms with Crippen molar-refractivity contribution in [2.24, 2.45) is 11.1 Å². The van der Waals surface area contributed by atoms with Crippen molar-refractivity contribution in [1.82, 2.24) is 4.90 Å². The lowest BCUT2D eigenvalue weighted by atomic mass is 9.79. The van der Waals surface area contributed by atoms with Crippen molar-refractivity contribution in [3.8, 4) is 0 Å². The van der Waals surface area contributed by atoms with Crippen molar-refractivity contribution < 1.29 is 0 Å². The molecule has 2 fully saturated rings. The molecule has 2 N–H and O–H groups in total. The molecule has 1 aromatic rings. The molecule has 1 aromatic carbocycles. The number of likely N-dealkylation sites (tertiary alicyclic amines) is 1. The highest BCUT2D eigenvalue weighted by Crippen LogP contribution is 2.41. The molecule has 3 heteroatoms. The minimum atomic E-state index is 0.547. The van der Waals surface area contributed by atoms with Crippen molar-refractivity contribution in [2.75, 3.05) is 44.2 Å². The average Bonchev–Trinajstić information content (AvgIpc) is 2.77. The minimum absolute atomic E-state index is 0.547. The number of nitrogens with zero attached hydrogens (tertiary/aromatic N) is 2. The predicted molar refractivity (Wildman–Crippen MR) is 80.7 cm³/mol. The third kappa shape index (κ3) is 2.37. The molecule has 3 rings (SSSR count). The summed E-state index contributed by atoms with van der Waals surface area (Å²) in [5, 5.41) is 0. The van der Waals surface area contributed by atoms with Gasteiger partial charge in [-0.05, 0) is 37.5 Å². The maximum Gasteiger partial charge on any atom is 0.0398 e. The lowest BCUT2D eigenvalue weighted by Gasteiger charge is -2.48. The molecule has 0 aromatic heterocycles. The van der Waals surface area contributed by atoms with E-state index in [1.165, 1.54) is 49.4 Å². The summed E-state index contributed by atoms with van der Waals surface area (Å²) in [4.78, 5) is 5.08. The Labute approximate surface area is 116 Å². The van der Waals surface area contributed by atoms with Gasteiger partial charge in [0.05, 0.1) is 0 Å². The molecular formula is C16H25N3. The van der Waals surface area contributed by atoms with Gasteiger partial charge in [0.15, 0.2) is 0 Å². The molecule has 0 unspecified atom stereocenters. The van der Waals surface area contributed by atoms with Gasteiger partial charge < -0.3 is 15.5 Å². The number of anilines is 1. The van der Waals surface area contributed by atoms with Crippen LogP contribution in [0.3, 0.4) is 0 Å². The highest BCUT2D eigenvalue weighted by molar-refractivity contribution is 5.56. The second kappa shape index (κ2) is 4.80. The largest absolute Gasteiger partial charge is 0.371 e. The van der Waals surface area contributed by atoms with Crippen molar-refractivity contribution in [3.63, 3.8) is 0 Å². The second-order valence-electron chi connectivity index (χ2n) is 6.46. The molecule has 0 saturated carbocycles. The summed E-state index contributed by atoms with van der Waals surface area (Å²) < 4.78 is 0. The van der Waals surface area contributed by atoms with Gasteiger partial charge in [0.1, 0.15) is 0 Å². The van der Waals surface area contributed by atoms with Crippen molar-refractivity contribution in [2.45, 2.75) is 20.3 Å². The van der Waals surface area contributed by atoms with Crippen LogP contribution in [-0.4, -0.2) is 44.2 Å². The summed E-state index contributed by atoms with van der Waals surface area (Å²) >= 11 is 0. The van der Waals surface area contributed by atoms with Crippen LogP contribution in [0.5, 0.6) is 0 Å². The summed E-state index contributed by atoms with van der Waals surface area (Å²) in [5.74, 6) is 0. The molecule has 2 heterocycles. The van der Waals surface area contributed by atoms with E-state index in [1.807, 2.05) is 0 Å². The number of rotatable bonds is 3. The Balaban J connectivity index is 1.68. The third-order valence-electron chi connectivity index (χ3n) is 4.71. The van der Waals surface area contributed by atoms with Crippen LogP contribution in [-0.2, 0) is 0 Å². The molecule has 0 bridgehead atoms. The SMILES string of the molecule is Cc1ccc(C)c(N2CCC3(CN(CCN)C3)C2)c1. The number of nitrogens with two attached hydrogens (primary N) is 1. The van der Waals surface area contributed by atoms with Crippen LogP contribution < -0.4 is 10.6 Å². The normalized spacial score (nSPS) is 21.9. The lowest BCUT2D eigenvalue weighted by Crippen LogP contribution is -2.58. The topological polar surface area (TPSA) is 32.5 Å². The summed E-state index contributed by atoms with van der Waals surface area (Å²) in [6.45, 7) is 11.2. The summed E-state index contributed by atoms with van der Waals surface area (Å²) in [6.07, 6.45) is 1.33. The average molecular weight is 259 g/mol. The Bertz CT molecular complexity index is 463. The Kier molecular flexibility index (Phi) is 3.27. The summed E-state index contributed by atoms with van der Waals surface area (Å²) in [7, 11) is 0. The van der Waals surface area contributed by atoms with Crippen LogP contribution in [0, 0.1) is 19.3 Å². The molecule has 3 nitrogen and oxygen atoms in total. The summed E-state index contributed by atoms with van der Waals surface area (Å²) in [6, 6.07) is 6.79. The quantitative estimate of drug-likeness (QED) is 0.898. The molecule has 0 atom stereocenters. The molecule has 2 saturated heterocycles. The zero-order valence-corrected chi connectivity index (χ0v) is 12.2. The molecular weight excluding hydrogens is 234 g/mol. The van der Waals surface area contributed by atoms with E-state index in [4.69, 9.17) is 5.73 Å². The van der Waals surface area contributed by atoms with Crippen LogP contribution in [0.2, 0.25) is 0 Å². The molecule has 0 radical (unpaired) electrons. The van der Waals surface area contributed by atoms with Gasteiger partial charge in [-0.25, -0.2) is 0 Å². The number of benzene rings is 1. The van der Waals surface area contributed by atoms with Crippen LogP contribution in [0.25, 0.3) is 0 Å². The Morgan fingerprint density at radius 2 is 2.00 bits per heavy atom. The van der Waals surface area contributed by atoms with E-state index in [1.54, 1.807) is 0 Å². The van der Waals surface area contributed by atoms with Gasteiger partial charge >= 0.3 is 0 Å². The smallest absolute Gasteiger partial charge is 0.0398 e. The Morgan fingerprint density at radius 1 is 1.21 bits per heavy atom. The number of hydrogen-bond acceptors (Lipinski definition) is 3. The van der Waals surface area contributed by atoms with E-state index in [-0.39, 0.29) is 0 Å². The van der Waals surface area contributed by atoms with Gasteiger partial charge in [0.2, 0.25) is 0 Å². The van der Waals surface area contributed by atoms with Crippen LogP contribution in [0.1, 0.15) is 17.5 Å². The Morgan fingerprint density at radius 3 is 2.74 bits per heavy atom. The van der Waals surface area contributed by atoms with Crippen molar-refractivity contribution in [3.05, 3.63) is 29.3 Å². The lowest BCUT2D eigenvalue weighted by molar-refractivity contribution is 0.0213. The van der Waals surface area contributed by atoms with E-state index in [0.29, 0.717) is 5.41 Å². The number of hydrogen-bond donors (Lipinski definition) is 1. The van der Waals surface area contributed by atoms with Crippen LogP contribution in [0.4, 0.5) is 5.69 Å². The summed E-state index contributed by atoms with van der Waals surface area (Å²) in [5.41, 5.74) is 10.4. The molecule has 2 aliphatic rings. The highest BCUT2D eigenvalue weighted by Gasteiger charge is 2.47. The Hall–Kier alpha value is -1.06. The maximum atomic E-state index is 5.63. The zero-order chi connectivity index (χ0) is 13.5. The fraction of sp³-hybridized carbons (Fsp3) is 0.625. The van der Waals surface area contributed by atoms with Crippen LogP contribution >= 0.6 is 0 Å². The molecule has 19 heavy (non-hydrogen) atoms. The van der Waals surface area contributed by atoms with E-state index >= 15 is 0 Å². The molecule has 2 aliphatic heterocycles. The van der Waals surface area contributed by atoms with Gasteiger partial charge in [0, 0.05) is 50.4 Å². The van der Waals surface area contributed by atoms with Crippen molar-refractivity contribution >= 4 is 5.69 Å². The first kappa shape index (κ1) is 12.9. The zero-order valence-electron chi connectivity index (χ0n) is 12.2. The van der Waals surface area contributed by atoms with Gasteiger partial charge in [-0.3, -0.25) is 0 Å². The predicted octanol–water partition coefficient (Wildman–Crippen LogP) is 1.77. The van der Waals surface area contributed by atoms with Gasteiger partial charge in [-0.2, -0.15) is 0 Å². The molecule has 0 aliphatic carbocycles. The highest BCUT2D eigenvalue weighted by atomic mass is 15.3. The van der Waals surface area contributed by atoms with E-state index in [9.17, 15) is 0 Å². The van der Waals surface area contributed by atoms with Gasteiger partial charge in [-0.15, -0.1) is 0 Å². The van der Waals surface area contributed by atoms with Crippen molar-refractivity contribution in [1.29, 1.82) is 0 Å². The molecule has 1 spiro atoms. The fourth-order valence-electron chi connectivity index (χ4n) is 3.70.